The van der Waals surface area contributed by atoms with Crippen LogP contribution in [0.2, 0.25) is 0 Å². The lowest BCUT2D eigenvalue weighted by Gasteiger charge is -2.22. The fourth-order valence-corrected chi connectivity index (χ4v) is 2.71. The molecule has 2 N–H and O–H groups in total. The van der Waals surface area contributed by atoms with Crippen molar-refractivity contribution in [3.63, 3.8) is 0 Å². The van der Waals surface area contributed by atoms with Crippen molar-refractivity contribution in [3.8, 4) is 0 Å². The van der Waals surface area contributed by atoms with E-state index in [1.165, 1.54) is 31.2 Å². The highest BCUT2D eigenvalue weighted by molar-refractivity contribution is 5.90. The quantitative estimate of drug-likeness (QED) is 0.609. The predicted molar refractivity (Wildman–Crippen MR) is 104 cm³/mol. The van der Waals surface area contributed by atoms with Gasteiger partial charge < -0.3 is 15.5 Å². The first-order valence-electron chi connectivity index (χ1n) is 9.44. The number of nitrogens with zero attached hydrogens (tertiary/aromatic N) is 1. The fourth-order valence-electron chi connectivity index (χ4n) is 2.71. The molecule has 0 aliphatic rings. The van der Waals surface area contributed by atoms with Crippen molar-refractivity contribution in [2.24, 2.45) is 0 Å². The first-order chi connectivity index (χ1) is 11.6. The summed E-state index contributed by atoms with van der Waals surface area (Å²) in [7, 11) is 0. The van der Waals surface area contributed by atoms with Crippen molar-refractivity contribution in [1.29, 1.82) is 0 Å². The minimum atomic E-state index is -0.117. The van der Waals surface area contributed by atoms with Gasteiger partial charge in [-0.1, -0.05) is 58.7 Å². The van der Waals surface area contributed by atoms with Gasteiger partial charge in [-0.05, 0) is 43.5 Å². The second-order valence-electron chi connectivity index (χ2n) is 6.67. The van der Waals surface area contributed by atoms with E-state index in [4.69, 9.17) is 0 Å². The molecule has 0 saturated heterocycles. The summed E-state index contributed by atoms with van der Waals surface area (Å²) in [5.41, 5.74) is 2.07. The number of unbranched alkanes of at least 4 members (excludes halogenated alkanes) is 2. The highest BCUT2D eigenvalue weighted by Crippen LogP contribution is 2.23. The van der Waals surface area contributed by atoms with E-state index < -0.39 is 0 Å². The van der Waals surface area contributed by atoms with Gasteiger partial charge in [0, 0.05) is 18.8 Å². The number of nitrogens with one attached hydrogen (secondary N) is 2. The van der Waals surface area contributed by atoms with E-state index in [0.717, 1.165) is 25.3 Å². The number of carbonyl (C=O) groups excluding carboxylic acids is 1. The minimum absolute atomic E-state index is 0.117. The lowest BCUT2D eigenvalue weighted by Crippen LogP contribution is -2.38. The van der Waals surface area contributed by atoms with Crippen molar-refractivity contribution in [2.75, 3.05) is 31.5 Å². The predicted octanol–water partition coefficient (Wildman–Crippen LogP) is 4.83. The van der Waals surface area contributed by atoms with Gasteiger partial charge in [0.05, 0.1) is 0 Å². The molecule has 0 aliphatic carbocycles. The zero-order valence-corrected chi connectivity index (χ0v) is 15.9. The molecule has 24 heavy (non-hydrogen) atoms. The zero-order chi connectivity index (χ0) is 17.8. The molecule has 0 unspecified atom stereocenters. The number of hydrogen-bond donors (Lipinski definition) is 2. The molecule has 1 rings (SSSR count). The summed E-state index contributed by atoms with van der Waals surface area (Å²) in [6.07, 6.45) is 4.86. The van der Waals surface area contributed by atoms with Gasteiger partial charge in [-0.25, -0.2) is 4.79 Å². The smallest absolute Gasteiger partial charge is 0.319 e. The van der Waals surface area contributed by atoms with E-state index in [-0.39, 0.29) is 6.03 Å². The largest absolute Gasteiger partial charge is 0.337 e. The van der Waals surface area contributed by atoms with Crippen molar-refractivity contribution in [3.05, 3.63) is 29.8 Å². The van der Waals surface area contributed by atoms with Gasteiger partial charge in [-0.2, -0.15) is 0 Å². The van der Waals surface area contributed by atoms with Crippen LogP contribution in [0.5, 0.6) is 0 Å². The molecule has 2 amide bonds. The van der Waals surface area contributed by atoms with Crippen LogP contribution in [0.25, 0.3) is 0 Å². The van der Waals surface area contributed by atoms with Gasteiger partial charge >= 0.3 is 6.03 Å². The van der Waals surface area contributed by atoms with Crippen LogP contribution < -0.4 is 10.6 Å². The third-order valence-electron chi connectivity index (χ3n) is 4.20. The Kier molecular flexibility index (Phi) is 10.2. The monoisotopic (exact) mass is 333 g/mol. The Labute approximate surface area is 148 Å². The van der Waals surface area contributed by atoms with Crippen LogP contribution in [0.3, 0.4) is 0 Å². The maximum absolute atomic E-state index is 12.2. The van der Waals surface area contributed by atoms with Crippen LogP contribution in [0, 0.1) is 0 Å². The van der Waals surface area contributed by atoms with Gasteiger partial charge in [-0.3, -0.25) is 0 Å². The number of carbonyl (C=O) groups is 1. The van der Waals surface area contributed by atoms with E-state index in [0.29, 0.717) is 12.5 Å². The van der Waals surface area contributed by atoms with Crippen molar-refractivity contribution in [2.45, 2.75) is 59.3 Å². The first-order valence-corrected chi connectivity index (χ1v) is 9.44. The Morgan fingerprint density at radius 1 is 1.04 bits per heavy atom. The van der Waals surface area contributed by atoms with E-state index in [1.807, 2.05) is 18.2 Å². The summed E-state index contributed by atoms with van der Waals surface area (Å²) in [5, 5.41) is 5.97. The summed E-state index contributed by atoms with van der Waals surface area (Å²) < 4.78 is 0. The van der Waals surface area contributed by atoms with E-state index in [1.54, 1.807) is 0 Å². The summed E-state index contributed by atoms with van der Waals surface area (Å²) in [4.78, 5) is 14.6. The third kappa shape index (κ3) is 7.82. The van der Waals surface area contributed by atoms with Crippen LogP contribution in [0.15, 0.2) is 24.3 Å². The molecule has 4 heteroatoms. The second-order valence-corrected chi connectivity index (χ2v) is 6.67. The third-order valence-corrected chi connectivity index (χ3v) is 4.20. The normalized spacial score (nSPS) is 11.1. The van der Waals surface area contributed by atoms with Gasteiger partial charge in [-0.15, -0.1) is 0 Å². The Hall–Kier alpha value is -1.55. The topological polar surface area (TPSA) is 44.4 Å². The van der Waals surface area contributed by atoms with Crippen molar-refractivity contribution in [1.82, 2.24) is 10.2 Å². The molecule has 0 radical (unpaired) electrons. The number of para-hydroxylation sites is 1. The summed E-state index contributed by atoms with van der Waals surface area (Å²) in [6.45, 7) is 12.6. The maximum Gasteiger partial charge on any atom is 0.319 e. The molecule has 4 nitrogen and oxygen atoms in total. The van der Waals surface area contributed by atoms with Crippen molar-refractivity contribution < 1.29 is 4.79 Å². The number of urea groups is 1. The molecule has 136 valence electrons. The van der Waals surface area contributed by atoms with Crippen LogP contribution in [-0.4, -0.2) is 37.1 Å². The standard InChI is InChI=1S/C20H35N3O/c1-5-7-14-23(15-8-6-2)16-13-21-20(24)22-19-12-10-9-11-18(19)17(3)4/h9-12,17H,5-8,13-16H2,1-4H3,(H2,21,22,24). The SMILES string of the molecule is CCCCN(CCCC)CCNC(=O)Nc1ccccc1C(C)C. The number of rotatable bonds is 11. The van der Waals surface area contributed by atoms with Crippen LogP contribution in [0.4, 0.5) is 10.5 Å². The highest BCUT2D eigenvalue weighted by Gasteiger charge is 2.09. The van der Waals surface area contributed by atoms with E-state index >= 15 is 0 Å². The van der Waals surface area contributed by atoms with Crippen LogP contribution in [-0.2, 0) is 0 Å². The molecule has 0 spiro atoms. The lowest BCUT2D eigenvalue weighted by molar-refractivity contribution is 0.242. The molecule has 0 atom stereocenters. The zero-order valence-electron chi connectivity index (χ0n) is 15.9. The minimum Gasteiger partial charge on any atom is -0.337 e. The average Bonchev–Trinajstić information content (AvgIpc) is 2.57. The van der Waals surface area contributed by atoms with Gasteiger partial charge in [0.1, 0.15) is 0 Å². The Bertz CT molecular complexity index is 466. The number of amides is 2. The van der Waals surface area contributed by atoms with E-state index in [9.17, 15) is 4.79 Å². The van der Waals surface area contributed by atoms with Gasteiger partial charge in [0.2, 0.25) is 0 Å². The molecular formula is C20H35N3O. The number of benzene rings is 1. The molecule has 1 aromatic carbocycles. The summed E-state index contributed by atoms with van der Waals surface area (Å²) in [5.74, 6) is 0.389. The fraction of sp³-hybridized carbons (Fsp3) is 0.650. The maximum atomic E-state index is 12.2. The summed E-state index contributed by atoms with van der Waals surface area (Å²) >= 11 is 0. The number of anilines is 1. The lowest BCUT2D eigenvalue weighted by atomic mass is 10.0. The molecule has 0 saturated carbocycles. The Morgan fingerprint density at radius 3 is 2.25 bits per heavy atom. The Balaban J connectivity index is 2.42. The molecule has 0 aliphatic heterocycles. The van der Waals surface area contributed by atoms with Crippen LogP contribution in [0.1, 0.15) is 64.9 Å². The summed E-state index contributed by atoms with van der Waals surface area (Å²) in [6, 6.07) is 7.88. The van der Waals surface area contributed by atoms with Gasteiger partial charge in [0.15, 0.2) is 0 Å². The van der Waals surface area contributed by atoms with Crippen LogP contribution >= 0.6 is 0 Å². The second kappa shape index (κ2) is 11.9. The highest BCUT2D eigenvalue weighted by atomic mass is 16.2. The first kappa shape index (κ1) is 20.5. The molecule has 0 aromatic heterocycles. The molecule has 0 fully saturated rings. The molecular weight excluding hydrogens is 298 g/mol. The van der Waals surface area contributed by atoms with Gasteiger partial charge in [0.25, 0.3) is 0 Å². The Morgan fingerprint density at radius 2 is 1.67 bits per heavy atom. The molecule has 1 aromatic rings. The average molecular weight is 334 g/mol. The molecule has 0 heterocycles. The van der Waals surface area contributed by atoms with E-state index in [2.05, 4.69) is 49.3 Å². The number of hydrogen-bond acceptors (Lipinski definition) is 2. The van der Waals surface area contributed by atoms with Crippen molar-refractivity contribution >= 4 is 11.7 Å². The molecule has 0 bridgehead atoms.